The number of benzene rings is 1. The molecule has 1 unspecified atom stereocenters. The van der Waals surface area contributed by atoms with Crippen molar-refractivity contribution in [2.45, 2.75) is 26.0 Å². The monoisotopic (exact) mass is 351 g/mol. The first kappa shape index (κ1) is 18.5. The molecule has 1 aromatic carbocycles. The van der Waals surface area contributed by atoms with Crippen LogP contribution in [0.3, 0.4) is 0 Å². The van der Waals surface area contributed by atoms with Gasteiger partial charge in [0.05, 0.1) is 13.2 Å². The number of hydrogen-bond acceptors (Lipinski definition) is 5. The van der Waals surface area contributed by atoms with E-state index in [1.807, 2.05) is 30.3 Å². The van der Waals surface area contributed by atoms with Crippen LogP contribution in [0.4, 0.5) is 0 Å². The number of carboxylic acids is 1. The van der Waals surface area contributed by atoms with Gasteiger partial charge in [-0.15, -0.1) is 0 Å². The van der Waals surface area contributed by atoms with E-state index in [0.717, 1.165) is 5.56 Å². The summed E-state index contributed by atoms with van der Waals surface area (Å²) in [5.41, 5.74) is 0.949. The van der Waals surface area contributed by atoms with Gasteiger partial charge in [-0.05, 0) is 11.5 Å². The molecule has 0 aromatic heterocycles. The van der Waals surface area contributed by atoms with Crippen LogP contribution in [0.15, 0.2) is 30.3 Å². The Morgan fingerprint density at radius 1 is 1.38 bits per heavy atom. The Morgan fingerprint density at radius 2 is 2.08 bits per heavy atom. The number of carbonyl (C=O) groups is 3. The topological polar surface area (TPSA) is 83.9 Å². The van der Waals surface area contributed by atoms with E-state index in [9.17, 15) is 19.5 Å². The van der Waals surface area contributed by atoms with Gasteiger partial charge < -0.3 is 14.7 Å². The largest absolute Gasteiger partial charge is 0.480 e. The molecule has 1 aromatic rings. The van der Waals surface area contributed by atoms with E-state index < -0.39 is 12.0 Å². The Hall–Kier alpha value is -1.86. The van der Waals surface area contributed by atoms with Crippen molar-refractivity contribution in [2.75, 3.05) is 18.9 Å². The summed E-state index contributed by atoms with van der Waals surface area (Å²) in [7, 11) is 0. The lowest BCUT2D eigenvalue weighted by Crippen LogP contribution is -2.45. The zero-order valence-electron chi connectivity index (χ0n) is 13.5. The second kappa shape index (κ2) is 8.84. The van der Waals surface area contributed by atoms with Crippen molar-refractivity contribution in [3.63, 3.8) is 0 Å². The lowest BCUT2D eigenvalue weighted by Gasteiger charge is -2.24. The molecule has 1 N–H and O–H groups in total. The Balaban J connectivity index is 1.88. The van der Waals surface area contributed by atoms with Crippen molar-refractivity contribution < 1.29 is 24.2 Å². The van der Waals surface area contributed by atoms with Crippen LogP contribution in [-0.4, -0.2) is 51.9 Å². The standard InChI is InChI=1S/C17H21NO5S/c1-12(19)24-11-14-7-16(20)18(8-14)15(17(21)22)10-23-9-13-5-3-2-4-6-13/h2-6,14-15H,7-11H2,1H3,(H,21,22)/t14?,15-/m0/s1. The average Bonchev–Trinajstić information content (AvgIpc) is 2.91. The first-order valence-electron chi connectivity index (χ1n) is 7.74. The highest BCUT2D eigenvalue weighted by molar-refractivity contribution is 8.13. The molecule has 1 amide bonds. The number of likely N-dealkylation sites (tertiary alicyclic amines) is 1. The zero-order chi connectivity index (χ0) is 17.5. The van der Waals surface area contributed by atoms with E-state index >= 15 is 0 Å². The van der Waals surface area contributed by atoms with Crippen LogP contribution in [0, 0.1) is 5.92 Å². The molecular weight excluding hydrogens is 330 g/mol. The molecule has 0 spiro atoms. The number of thioether (sulfide) groups is 1. The van der Waals surface area contributed by atoms with Crippen LogP contribution >= 0.6 is 11.8 Å². The molecule has 1 saturated heterocycles. The zero-order valence-corrected chi connectivity index (χ0v) is 14.3. The second-order valence-corrected chi connectivity index (χ2v) is 6.97. The molecular formula is C17H21NO5S. The van der Waals surface area contributed by atoms with Gasteiger partial charge in [-0.1, -0.05) is 42.1 Å². The summed E-state index contributed by atoms with van der Waals surface area (Å²) in [5, 5.41) is 9.42. The van der Waals surface area contributed by atoms with Crippen molar-refractivity contribution in [1.82, 2.24) is 4.90 Å². The van der Waals surface area contributed by atoms with Gasteiger partial charge in [0.25, 0.3) is 0 Å². The number of rotatable bonds is 8. The number of hydrogen-bond donors (Lipinski definition) is 1. The fourth-order valence-electron chi connectivity index (χ4n) is 2.61. The smallest absolute Gasteiger partial charge is 0.328 e. The van der Waals surface area contributed by atoms with Gasteiger partial charge in [0, 0.05) is 25.6 Å². The van der Waals surface area contributed by atoms with Crippen molar-refractivity contribution in [1.29, 1.82) is 0 Å². The van der Waals surface area contributed by atoms with Gasteiger partial charge in [-0.3, -0.25) is 9.59 Å². The number of ether oxygens (including phenoxy) is 1. The minimum atomic E-state index is -1.07. The first-order chi connectivity index (χ1) is 11.5. The number of nitrogens with zero attached hydrogens (tertiary/aromatic N) is 1. The van der Waals surface area contributed by atoms with Crippen molar-refractivity contribution in [3.8, 4) is 0 Å². The number of carbonyl (C=O) groups excluding carboxylic acids is 2. The molecule has 6 nitrogen and oxygen atoms in total. The average molecular weight is 351 g/mol. The van der Waals surface area contributed by atoms with E-state index in [0.29, 0.717) is 18.9 Å². The molecule has 0 aliphatic carbocycles. The van der Waals surface area contributed by atoms with E-state index in [4.69, 9.17) is 4.74 Å². The minimum absolute atomic E-state index is 0.00174. The van der Waals surface area contributed by atoms with Crippen molar-refractivity contribution in [2.24, 2.45) is 5.92 Å². The fourth-order valence-corrected chi connectivity index (χ4v) is 3.31. The van der Waals surface area contributed by atoms with E-state index in [1.165, 1.54) is 23.6 Å². The summed E-state index contributed by atoms with van der Waals surface area (Å²) >= 11 is 1.17. The van der Waals surface area contributed by atoms with Gasteiger partial charge >= 0.3 is 5.97 Å². The van der Waals surface area contributed by atoms with Crippen LogP contribution in [0.5, 0.6) is 0 Å². The lowest BCUT2D eigenvalue weighted by atomic mass is 10.1. The molecule has 0 radical (unpaired) electrons. The lowest BCUT2D eigenvalue weighted by molar-refractivity contribution is -0.151. The van der Waals surface area contributed by atoms with E-state index in [2.05, 4.69) is 0 Å². The summed E-state index contributed by atoms with van der Waals surface area (Å²) in [6.07, 6.45) is 0.281. The van der Waals surface area contributed by atoms with Crippen molar-refractivity contribution >= 4 is 28.8 Å². The predicted octanol–water partition coefficient (Wildman–Crippen LogP) is 1.78. The maximum Gasteiger partial charge on any atom is 0.328 e. The minimum Gasteiger partial charge on any atom is -0.480 e. The molecule has 1 aliphatic rings. The predicted molar refractivity (Wildman–Crippen MR) is 90.5 cm³/mol. The Labute approximate surface area is 145 Å². The molecule has 1 aliphatic heterocycles. The molecule has 24 heavy (non-hydrogen) atoms. The molecule has 0 saturated carbocycles. The molecule has 1 heterocycles. The number of carboxylic acid groups (broad SMARTS) is 1. The van der Waals surface area contributed by atoms with E-state index in [-0.39, 0.29) is 30.0 Å². The number of aliphatic carboxylic acids is 1. The second-order valence-electron chi connectivity index (χ2n) is 5.77. The summed E-state index contributed by atoms with van der Waals surface area (Å²) in [4.78, 5) is 36.0. The molecule has 130 valence electrons. The molecule has 2 atom stereocenters. The molecule has 7 heteroatoms. The summed E-state index contributed by atoms with van der Waals surface area (Å²) in [6.45, 7) is 2.08. The third-order valence-electron chi connectivity index (χ3n) is 3.81. The molecule has 2 rings (SSSR count). The Morgan fingerprint density at radius 3 is 2.71 bits per heavy atom. The van der Waals surface area contributed by atoms with Crippen LogP contribution in [-0.2, 0) is 25.7 Å². The quantitative estimate of drug-likeness (QED) is 0.769. The SMILES string of the molecule is CC(=O)SCC1CC(=O)N([C@@H](COCc2ccccc2)C(=O)O)C1. The van der Waals surface area contributed by atoms with Crippen LogP contribution in [0.25, 0.3) is 0 Å². The number of amides is 1. The van der Waals surface area contributed by atoms with Crippen molar-refractivity contribution in [3.05, 3.63) is 35.9 Å². The fraction of sp³-hybridized carbons (Fsp3) is 0.471. The van der Waals surface area contributed by atoms with E-state index in [1.54, 1.807) is 0 Å². The van der Waals surface area contributed by atoms with Gasteiger partial charge in [-0.2, -0.15) is 0 Å². The summed E-state index contributed by atoms with van der Waals surface area (Å²) in [6, 6.07) is 8.46. The normalized spacial score (nSPS) is 18.6. The summed E-state index contributed by atoms with van der Waals surface area (Å²) in [5.74, 6) is -0.729. The molecule has 1 fully saturated rings. The maximum atomic E-state index is 12.1. The highest BCUT2D eigenvalue weighted by atomic mass is 32.2. The van der Waals surface area contributed by atoms with Gasteiger partial charge in [0.2, 0.25) is 5.91 Å². The van der Waals surface area contributed by atoms with Crippen LogP contribution < -0.4 is 0 Å². The van der Waals surface area contributed by atoms with Gasteiger partial charge in [0.1, 0.15) is 0 Å². The van der Waals surface area contributed by atoms with Crippen LogP contribution in [0.1, 0.15) is 18.9 Å². The van der Waals surface area contributed by atoms with Gasteiger partial charge in [0.15, 0.2) is 11.2 Å². The third-order valence-corrected chi connectivity index (χ3v) is 4.85. The molecule has 0 bridgehead atoms. The van der Waals surface area contributed by atoms with Gasteiger partial charge in [-0.25, -0.2) is 4.79 Å². The maximum absolute atomic E-state index is 12.1. The summed E-state index contributed by atoms with van der Waals surface area (Å²) < 4.78 is 5.50. The third kappa shape index (κ3) is 5.35. The Bertz CT molecular complexity index is 592. The first-order valence-corrected chi connectivity index (χ1v) is 8.73. The highest BCUT2D eigenvalue weighted by Gasteiger charge is 2.37. The highest BCUT2D eigenvalue weighted by Crippen LogP contribution is 2.24. The van der Waals surface area contributed by atoms with Crippen LogP contribution in [0.2, 0.25) is 0 Å². The Kier molecular flexibility index (Phi) is 6.81.